The Morgan fingerprint density at radius 3 is 3.00 bits per heavy atom. The largest absolute Gasteiger partial charge is 0.383 e. The van der Waals surface area contributed by atoms with Crippen LogP contribution in [-0.2, 0) is 0 Å². The van der Waals surface area contributed by atoms with Gasteiger partial charge in [-0.2, -0.15) is 0 Å². The summed E-state index contributed by atoms with van der Waals surface area (Å²) in [5.41, 5.74) is 0. The fraction of sp³-hybridized carbons (Fsp3) is 0.500. The molecule has 0 saturated heterocycles. The molecule has 0 aliphatic carbocycles. The van der Waals surface area contributed by atoms with Crippen LogP contribution in [0.2, 0.25) is 0 Å². The van der Waals surface area contributed by atoms with Gasteiger partial charge in [-0.05, 0) is 11.3 Å². The predicted octanol–water partition coefficient (Wildman–Crippen LogP) is 0.761. The lowest BCUT2D eigenvalue weighted by Gasteiger charge is -1.97. The molecule has 12 heavy (non-hydrogen) atoms. The van der Waals surface area contributed by atoms with Gasteiger partial charge in [0.05, 0.1) is 0 Å². The molecule has 1 unspecified atom stereocenters. The van der Waals surface area contributed by atoms with Crippen molar-refractivity contribution in [2.75, 3.05) is 0 Å². The number of hydrogen-bond acceptors (Lipinski definition) is 4. The van der Waals surface area contributed by atoms with Crippen LogP contribution in [0.3, 0.4) is 0 Å². The van der Waals surface area contributed by atoms with Crippen molar-refractivity contribution in [3.05, 3.63) is 22.1 Å². The molecule has 0 aromatic carbocycles. The van der Waals surface area contributed by atoms with E-state index in [0.717, 1.165) is 6.20 Å². The Morgan fingerprint density at radius 2 is 2.58 bits per heavy atom. The zero-order valence-corrected chi connectivity index (χ0v) is 6.52. The number of hydrogen-bond donors (Lipinski definition) is 2. The predicted molar refractivity (Wildman–Crippen MR) is 40.5 cm³/mol. The van der Waals surface area contributed by atoms with Crippen molar-refractivity contribution in [1.29, 1.82) is 0 Å². The minimum absolute atomic E-state index is 0.197. The molecule has 0 aliphatic rings. The van der Waals surface area contributed by atoms with E-state index in [0.29, 0.717) is 6.42 Å². The highest BCUT2D eigenvalue weighted by Gasteiger charge is 2.15. The van der Waals surface area contributed by atoms with E-state index < -0.39 is 11.0 Å². The molecular formula is C6H9N3O3. The fourth-order valence-electron chi connectivity index (χ4n) is 0.782. The minimum Gasteiger partial charge on any atom is -0.383 e. The molecule has 0 spiro atoms. The highest BCUT2D eigenvalue weighted by atomic mass is 16.6. The molecule has 1 atom stereocenters. The lowest BCUT2D eigenvalue weighted by atomic mass is 10.3. The van der Waals surface area contributed by atoms with Crippen LogP contribution in [0.5, 0.6) is 0 Å². The smallest absolute Gasteiger partial charge is 0.340 e. The monoisotopic (exact) mass is 171 g/mol. The van der Waals surface area contributed by atoms with Crippen LogP contribution < -0.4 is 0 Å². The summed E-state index contributed by atoms with van der Waals surface area (Å²) in [6.07, 6.45) is 0.817. The molecule has 66 valence electrons. The first-order valence-corrected chi connectivity index (χ1v) is 3.52. The molecule has 1 aromatic rings. The Morgan fingerprint density at radius 1 is 1.92 bits per heavy atom. The van der Waals surface area contributed by atoms with Crippen molar-refractivity contribution in [2.45, 2.75) is 19.4 Å². The molecule has 6 nitrogen and oxygen atoms in total. The Labute approximate surface area is 68.4 Å². The number of H-pyrrole nitrogens is 1. The summed E-state index contributed by atoms with van der Waals surface area (Å²) >= 11 is 0. The summed E-state index contributed by atoms with van der Waals surface area (Å²) in [5.74, 6) is 0.0432. The van der Waals surface area contributed by atoms with Crippen LogP contribution in [0.4, 0.5) is 5.82 Å². The molecule has 2 N–H and O–H groups in total. The van der Waals surface area contributed by atoms with Gasteiger partial charge in [-0.25, -0.2) is 9.97 Å². The van der Waals surface area contributed by atoms with Crippen LogP contribution in [-0.4, -0.2) is 20.0 Å². The van der Waals surface area contributed by atoms with Crippen LogP contribution in [0.15, 0.2) is 6.20 Å². The van der Waals surface area contributed by atoms with E-state index in [1.165, 1.54) is 0 Å². The summed E-state index contributed by atoms with van der Waals surface area (Å²) in [5, 5.41) is 19.4. The Kier molecular flexibility index (Phi) is 2.39. The standard InChI is InChI=1S/C6H9N3O3/c1-2-4(10)6-7-3-5(8-6)9(11)12/h3-4,10H,2H2,1H3,(H,7,8). The van der Waals surface area contributed by atoms with Gasteiger partial charge in [0, 0.05) is 0 Å². The zero-order chi connectivity index (χ0) is 9.14. The van der Waals surface area contributed by atoms with Gasteiger partial charge in [-0.3, -0.25) is 0 Å². The van der Waals surface area contributed by atoms with Crippen molar-refractivity contribution in [3.8, 4) is 0 Å². The SMILES string of the molecule is CCC(O)c1ncc([N+](=O)[O-])[nH]1. The maximum absolute atomic E-state index is 10.2. The summed E-state index contributed by atoms with van der Waals surface area (Å²) in [7, 11) is 0. The van der Waals surface area contributed by atoms with Gasteiger partial charge < -0.3 is 15.2 Å². The third-order valence-corrected chi connectivity index (χ3v) is 1.48. The summed E-state index contributed by atoms with van der Waals surface area (Å²) in [6.45, 7) is 1.76. The molecule has 6 heteroatoms. The number of imidazole rings is 1. The number of aliphatic hydroxyl groups excluding tert-OH is 1. The van der Waals surface area contributed by atoms with Crippen molar-refractivity contribution in [1.82, 2.24) is 9.97 Å². The highest BCUT2D eigenvalue weighted by Crippen LogP contribution is 2.15. The molecule has 0 radical (unpaired) electrons. The first kappa shape index (κ1) is 8.66. The van der Waals surface area contributed by atoms with Gasteiger partial charge in [0.15, 0.2) is 0 Å². The molecule has 1 aromatic heterocycles. The van der Waals surface area contributed by atoms with Gasteiger partial charge in [0.25, 0.3) is 0 Å². The third-order valence-electron chi connectivity index (χ3n) is 1.48. The average molecular weight is 171 g/mol. The van der Waals surface area contributed by atoms with Crippen molar-refractivity contribution in [2.24, 2.45) is 0 Å². The summed E-state index contributed by atoms with van der Waals surface area (Å²) in [6, 6.07) is 0. The quantitative estimate of drug-likeness (QED) is 0.518. The minimum atomic E-state index is -0.751. The lowest BCUT2D eigenvalue weighted by molar-refractivity contribution is -0.389. The molecule has 0 amide bonds. The zero-order valence-electron chi connectivity index (χ0n) is 6.52. The fourth-order valence-corrected chi connectivity index (χ4v) is 0.782. The van der Waals surface area contributed by atoms with Crippen LogP contribution in [0, 0.1) is 10.1 Å². The first-order valence-electron chi connectivity index (χ1n) is 3.52. The van der Waals surface area contributed by atoms with E-state index in [-0.39, 0.29) is 11.6 Å². The number of rotatable bonds is 3. The Bertz CT molecular complexity index is 283. The molecule has 1 heterocycles. The number of nitro groups is 1. The Hall–Kier alpha value is -1.43. The number of aromatic amines is 1. The molecule has 0 bridgehead atoms. The summed E-state index contributed by atoms with van der Waals surface area (Å²) in [4.78, 5) is 15.7. The normalized spacial score (nSPS) is 12.8. The number of nitrogens with one attached hydrogen (secondary N) is 1. The van der Waals surface area contributed by atoms with Gasteiger partial charge in [-0.1, -0.05) is 6.92 Å². The second kappa shape index (κ2) is 3.31. The van der Waals surface area contributed by atoms with Crippen LogP contribution >= 0.6 is 0 Å². The second-order valence-electron chi connectivity index (χ2n) is 2.33. The topological polar surface area (TPSA) is 92.1 Å². The van der Waals surface area contributed by atoms with Crippen LogP contribution in [0.1, 0.15) is 25.3 Å². The highest BCUT2D eigenvalue weighted by molar-refractivity contribution is 5.15. The maximum atomic E-state index is 10.2. The van der Waals surface area contributed by atoms with Crippen molar-refractivity contribution in [3.63, 3.8) is 0 Å². The van der Waals surface area contributed by atoms with E-state index in [9.17, 15) is 15.2 Å². The number of nitrogens with zero attached hydrogens (tertiary/aromatic N) is 2. The van der Waals surface area contributed by atoms with Crippen molar-refractivity contribution < 1.29 is 10.0 Å². The lowest BCUT2D eigenvalue weighted by Crippen LogP contribution is -1.97. The average Bonchev–Trinajstić information content (AvgIpc) is 2.51. The van der Waals surface area contributed by atoms with Gasteiger partial charge in [0.1, 0.15) is 12.3 Å². The molecule has 1 rings (SSSR count). The second-order valence-corrected chi connectivity index (χ2v) is 2.33. The van der Waals surface area contributed by atoms with Crippen molar-refractivity contribution >= 4 is 5.82 Å². The molecule has 0 fully saturated rings. The summed E-state index contributed by atoms with van der Waals surface area (Å²) < 4.78 is 0. The van der Waals surface area contributed by atoms with E-state index in [1.807, 2.05) is 0 Å². The first-order chi connectivity index (χ1) is 5.65. The van der Waals surface area contributed by atoms with E-state index in [1.54, 1.807) is 6.92 Å². The number of aromatic nitrogens is 2. The molecular weight excluding hydrogens is 162 g/mol. The third kappa shape index (κ3) is 1.59. The van der Waals surface area contributed by atoms with Gasteiger partial charge in [-0.15, -0.1) is 0 Å². The molecule has 0 aliphatic heterocycles. The van der Waals surface area contributed by atoms with E-state index >= 15 is 0 Å². The Balaban J connectivity index is 2.84. The van der Waals surface area contributed by atoms with Gasteiger partial charge >= 0.3 is 5.82 Å². The molecule has 0 saturated carbocycles. The van der Waals surface area contributed by atoms with Crippen LogP contribution in [0.25, 0.3) is 0 Å². The van der Waals surface area contributed by atoms with Gasteiger partial charge in [0.2, 0.25) is 5.82 Å². The maximum Gasteiger partial charge on any atom is 0.340 e. The van der Waals surface area contributed by atoms with E-state index in [4.69, 9.17) is 0 Å². The number of aliphatic hydroxyl groups is 1. The van der Waals surface area contributed by atoms with E-state index in [2.05, 4.69) is 9.97 Å².